The van der Waals surface area contributed by atoms with Crippen molar-refractivity contribution in [2.45, 2.75) is 177 Å². The lowest BCUT2D eigenvalue weighted by atomic mass is 9.95. The normalized spacial score (nSPS) is 24.5. The Bertz CT molecular complexity index is 3840. The van der Waals surface area contributed by atoms with Gasteiger partial charge in [-0.25, -0.2) is 0 Å². The van der Waals surface area contributed by atoms with Crippen LogP contribution in [0.1, 0.15) is 75.8 Å². The minimum absolute atomic E-state index is 0.00699. The molecule has 3 heterocycles. The Morgan fingerprint density at radius 1 is 0.292 bits per heavy atom. The average Bonchev–Trinajstić information content (AvgIpc) is 0.760. The Hall–Kier alpha value is -8.19. The smallest absolute Gasteiger partial charge is 0.305 e. The molecule has 18 heteroatoms. The molecule has 18 nitrogen and oxygen atoms in total. The lowest BCUT2D eigenvalue weighted by Gasteiger charge is -2.51. The van der Waals surface area contributed by atoms with E-state index in [0.717, 1.165) is 50.1 Å². The van der Waals surface area contributed by atoms with Crippen molar-refractivity contribution >= 4 is 5.97 Å². The first kappa shape index (κ1) is 77.4. The van der Waals surface area contributed by atoms with Crippen LogP contribution < -0.4 is 0 Å². The SMILES string of the molecule is COC(=O)CCCCCO[C@H]1O[C@H](COCc2ccccc2)[C@@H](OCc2ccccc2)[C@H](OCc2ccccc2)[C@@H]1O[C@@H]1O[C@H](COCc2ccccc2)[C@@H](OCc2ccccc2)[C@H](OCc2ccccc2)[C@@H]1O[C@@H]1O[C@H](COCc2ccccc2)[C@@H](OCc2ccccc2)[C@H](OCc2ccccc2)[C@@H]1O. The van der Waals surface area contributed by atoms with Crippen LogP contribution in [0.4, 0.5) is 0 Å². The van der Waals surface area contributed by atoms with Crippen molar-refractivity contribution in [2.75, 3.05) is 33.5 Å². The zero-order chi connectivity index (χ0) is 72.6. The van der Waals surface area contributed by atoms with E-state index in [9.17, 15) is 9.90 Å². The number of carbonyl (C=O) groups is 1. The summed E-state index contributed by atoms with van der Waals surface area (Å²) in [5.41, 5.74) is 8.17. The van der Waals surface area contributed by atoms with Crippen LogP contribution in [0.3, 0.4) is 0 Å². The number of aliphatic hydroxyl groups is 1. The summed E-state index contributed by atoms with van der Waals surface area (Å²) in [7, 11) is 1.39. The maximum atomic E-state index is 13.5. The fourth-order valence-corrected chi connectivity index (χ4v) is 13.2. The Morgan fingerprint density at radius 3 is 0.887 bits per heavy atom. The predicted molar refractivity (Wildman–Crippen MR) is 397 cm³/mol. The molecular weight excluding hydrogens is 1340 g/mol. The van der Waals surface area contributed by atoms with Gasteiger partial charge in [-0.1, -0.05) is 279 Å². The number of methoxy groups -OCH3 is 1. The molecule has 558 valence electrons. The molecule has 3 aliphatic rings. The standard InChI is InChI=1S/C88H98O18/c1-91-76(89)50-30-11-31-51-95-87-84(82(100-59-71-46-26-9-27-47-71)79(97-56-68-40-20-6-21-41-68)74(103-87)62-93-53-65-34-14-3-15-35-65)106-88-85(83(101-60-72-48-28-10-29-49-72)80(98-57-69-42-22-7-23-43-69)75(104-88)63-94-54-66-36-16-4-17-37-66)105-86-77(90)81(99-58-70-44-24-8-25-45-70)78(96-55-67-38-18-5-19-39-67)73(102-86)61-92-52-64-32-12-2-13-33-64/h2-10,12-29,32-49,73-75,77-88,90H,11,30-31,50-63H2,1H3/t73-,74-,75-,77+,78-,79-,80-,81-,82+,83+,84+,85+,86+,87+,88+/m1/s1. The van der Waals surface area contributed by atoms with E-state index in [1.165, 1.54) is 7.11 Å². The Kier molecular flexibility index (Phi) is 31.0. The molecule has 9 aromatic carbocycles. The highest BCUT2D eigenvalue weighted by Gasteiger charge is 2.57. The summed E-state index contributed by atoms with van der Waals surface area (Å²) >= 11 is 0. The molecule has 12 rings (SSSR count). The van der Waals surface area contributed by atoms with Crippen LogP contribution in [0.2, 0.25) is 0 Å². The summed E-state index contributed by atoms with van der Waals surface area (Å²) in [6.07, 6.45) is -15.0. The Morgan fingerprint density at radius 2 is 0.557 bits per heavy atom. The lowest BCUT2D eigenvalue weighted by Crippen LogP contribution is -2.68. The van der Waals surface area contributed by atoms with Crippen molar-refractivity contribution < 1.29 is 85.7 Å². The molecule has 3 saturated heterocycles. The van der Waals surface area contributed by atoms with E-state index in [1.54, 1.807) is 0 Å². The fourth-order valence-electron chi connectivity index (χ4n) is 13.2. The second-order valence-corrected chi connectivity index (χ2v) is 26.6. The highest BCUT2D eigenvalue weighted by molar-refractivity contribution is 5.69. The molecule has 0 aliphatic carbocycles. The maximum absolute atomic E-state index is 13.5. The third-order valence-corrected chi connectivity index (χ3v) is 18.8. The summed E-state index contributed by atoms with van der Waals surface area (Å²) in [5.74, 6) is -0.292. The minimum Gasteiger partial charge on any atom is -0.469 e. The van der Waals surface area contributed by atoms with E-state index >= 15 is 0 Å². The first-order chi connectivity index (χ1) is 52.4. The number of benzene rings is 9. The summed E-state index contributed by atoms with van der Waals surface area (Å²) in [6.45, 7) is 1.70. The number of unbranched alkanes of at least 4 members (excludes halogenated alkanes) is 2. The molecular formula is C88H98O18. The first-order valence-electron chi connectivity index (χ1n) is 36.8. The number of carbonyl (C=O) groups excluding carboxylic acids is 1. The Balaban J connectivity index is 0.980. The van der Waals surface area contributed by atoms with Crippen LogP contribution in [-0.4, -0.2) is 137 Å². The van der Waals surface area contributed by atoms with Crippen molar-refractivity contribution in [3.63, 3.8) is 0 Å². The lowest BCUT2D eigenvalue weighted by molar-refractivity contribution is -0.404. The largest absolute Gasteiger partial charge is 0.469 e. The van der Waals surface area contributed by atoms with Crippen LogP contribution >= 0.6 is 0 Å². The summed E-state index contributed by atoms with van der Waals surface area (Å²) < 4.78 is 113. The van der Waals surface area contributed by atoms with Crippen molar-refractivity contribution in [1.82, 2.24) is 0 Å². The molecule has 0 bridgehead atoms. The number of rotatable bonds is 41. The molecule has 1 N–H and O–H groups in total. The third kappa shape index (κ3) is 23.7. The van der Waals surface area contributed by atoms with E-state index < -0.39 is 92.1 Å². The molecule has 0 saturated carbocycles. The van der Waals surface area contributed by atoms with Crippen molar-refractivity contribution in [1.29, 1.82) is 0 Å². The first-order valence-corrected chi connectivity index (χ1v) is 36.8. The molecule has 15 atom stereocenters. The third-order valence-electron chi connectivity index (χ3n) is 18.8. The van der Waals surface area contributed by atoms with Crippen molar-refractivity contribution in [2.24, 2.45) is 0 Å². The van der Waals surface area contributed by atoms with Crippen LogP contribution in [-0.2, 0) is 140 Å². The molecule has 0 aromatic heterocycles. The minimum atomic E-state index is -1.55. The van der Waals surface area contributed by atoms with Crippen LogP contribution in [0, 0.1) is 0 Å². The number of hydrogen-bond acceptors (Lipinski definition) is 18. The second kappa shape index (κ2) is 42.4. The quantitative estimate of drug-likeness (QED) is 0.0281. The highest BCUT2D eigenvalue weighted by Crippen LogP contribution is 2.40. The van der Waals surface area contributed by atoms with E-state index in [4.69, 9.17) is 75.8 Å². The zero-order valence-electron chi connectivity index (χ0n) is 60.0. The van der Waals surface area contributed by atoms with Gasteiger partial charge < -0.3 is 80.9 Å². The molecule has 0 amide bonds. The molecule has 106 heavy (non-hydrogen) atoms. The summed E-state index contributed by atoms with van der Waals surface area (Å²) in [5, 5.41) is 13.5. The van der Waals surface area contributed by atoms with Gasteiger partial charge in [-0.2, -0.15) is 0 Å². The number of ether oxygens (including phenoxy) is 16. The van der Waals surface area contributed by atoms with Gasteiger partial charge in [-0.15, -0.1) is 0 Å². The summed E-state index contributed by atoms with van der Waals surface area (Å²) in [4.78, 5) is 12.4. The molecule has 0 radical (unpaired) electrons. The fraction of sp³-hybridized carbons (Fsp3) is 0.375. The second-order valence-electron chi connectivity index (χ2n) is 26.6. The maximum Gasteiger partial charge on any atom is 0.305 e. The van der Waals surface area contributed by atoms with Gasteiger partial charge in [0.25, 0.3) is 0 Å². The van der Waals surface area contributed by atoms with Gasteiger partial charge in [0, 0.05) is 13.0 Å². The Labute approximate surface area is 622 Å². The van der Waals surface area contributed by atoms with Gasteiger partial charge in [-0.3, -0.25) is 4.79 Å². The van der Waals surface area contributed by atoms with Crippen LogP contribution in [0.5, 0.6) is 0 Å². The molecule has 3 aliphatic heterocycles. The number of esters is 1. The van der Waals surface area contributed by atoms with Gasteiger partial charge in [0.05, 0.1) is 86.4 Å². The van der Waals surface area contributed by atoms with E-state index in [2.05, 4.69) is 0 Å². The average molecular weight is 1440 g/mol. The van der Waals surface area contributed by atoms with Gasteiger partial charge in [0.1, 0.15) is 73.2 Å². The summed E-state index contributed by atoms with van der Waals surface area (Å²) in [6, 6.07) is 88.9. The molecule has 0 unspecified atom stereocenters. The zero-order valence-corrected chi connectivity index (χ0v) is 60.0. The predicted octanol–water partition coefficient (Wildman–Crippen LogP) is 14.2. The molecule has 0 spiro atoms. The molecule has 9 aromatic rings. The van der Waals surface area contributed by atoms with Crippen molar-refractivity contribution in [3.05, 3.63) is 323 Å². The highest BCUT2D eigenvalue weighted by atomic mass is 16.8. The topological polar surface area (TPSA) is 185 Å². The van der Waals surface area contributed by atoms with E-state index in [1.807, 2.05) is 273 Å². The number of hydrogen-bond donors (Lipinski definition) is 1. The van der Waals surface area contributed by atoms with E-state index in [-0.39, 0.29) is 98.3 Å². The van der Waals surface area contributed by atoms with E-state index in [0.29, 0.717) is 19.3 Å². The van der Waals surface area contributed by atoms with Gasteiger partial charge >= 0.3 is 5.97 Å². The van der Waals surface area contributed by atoms with Crippen LogP contribution in [0.15, 0.2) is 273 Å². The van der Waals surface area contributed by atoms with Crippen molar-refractivity contribution in [3.8, 4) is 0 Å². The van der Waals surface area contributed by atoms with Gasteiger partial charge in [0.2, 0.25) is 0 Å². The molecule has 3 fully saturated rings. The monoisotopic (exact) mass is 1440 g/mol. The van der Waals surface area contributed by atoms with Gasteiger partial charge in [-0.05, 0) is 62.9 Å². The van der Waals surface area contributed by atoms with Crippen LogP contribution in [0.25, 0.3) is 0 Å². The number of aliphatic hydroxyl groups excluding tert-OH is 1. The van der Waals surface area contributed by atoms with Gasteiger partial charge in [0.15, 0.2) is 18.9 Å².